The average Bonchev–Trinajstić information content (AvgIpc) is 2.47. The summed E-state index contributed by atoms with van der Waals surface area (Å²) < 4.78 is 87.5. The molecule has 0 heterocycles. The van der Waals surface area contributed by atoms with Gasteiger partial charge in [-0.1, -0.05) is 22.0 Å². The molecular weight excluding hydrogens is 449 g/mol. The zero-order chi connectivity index (χ0) is 19.0. The average molecular weight is 459 g/mol. The number of hydrogen-bond donors (Lipinski definition) is 2. The molecule has 25 heavy (non-hydrogen) atoms. The predicted octanol–water partition coefficient (Wildman–Crippen LogP) is 2.92. The van der Waals surface area contributed by atoms with E-state index in [9.17, 15) is 30.0 Å². The molecule has 12 heteroatoms. The van der Waals surface area contributed by atoms with Crippen LogP contribution in [0.15, 0.2) is 56.7 Å². The number of rotatable bonds is 4. The number of alkyl halides is 3. The van der Waals surface area contributed by atoms with E-state index >= 15 is 0 Å². The van der Waals surface area contributed by atoms with Gasteiger partial charge in [0.1, 0.15) is 0 Å². The summed E-state index contributed by atoms with van der Waals surface area (Å²) >= 11 is 2.74. The number of anilines is 1. The molecule has 0 aliphatic heterocycles. The lowest BCUT2D eigenvalue weighted by Gasteiger charge is -2.13. The summed E-state index contributed by atoms with van der Waals surface area (Å²) in [5, 5.41) is 4.93. The maximum atomic E-state index is 12.9. The van der Waals surface area contributed by atoms with Crippen molar-refractivity contribution < 1.29 is 30.0 Å². The Hall–Kier alpha value is -1.63. The topological polar surface area (TPSA) is 106 Å². The molecule has 6 nitrogen and oxygen atoms in total. The van der Waals surface area contributed by atoms with Gasteiger partial charge in [0.05, 0.1) is 15.4 Å². The van der Waals surface area contributed by atoms with Crippen molar-refractivity contribution in [1.29, 1.82) is 0 Å². The van der Waals surface area contributed by atoms with Crippen LogP contribution in [0.2, 0.25) is 0 Å². The fourth-order valence-corrected chi connectivity index (χ4v) is 4.04. The zero-order valence-electron chi connectivity index (χ0n) is 12.1. The summed E-state index contributed by atoms with van der Waals surface area (Å²) in [5.74, 6) is 0. The number of sulfonamides is 2. The van der Waals surface area contributed by atoms with Crippen molar-refractivity contribution in [3.8, 4) is 0 Å². The van der Waals surface area contributed by atoms with Crippen LogP contribution in [0, 0.1) is 0 Å². The van der Waals surface area contributed by atoms with E-state index < -0.39 is 41.6 Å². The summed E-state index contributed by atoms with van der Waals surface area (Å²) in [5.41, 5.74) is -1.40. The van der Waals surface area contributed by atoms with Gasteiger partial charge in [-0.2, -0.15) is 13.2 Å². The molecule has 0 spiro atoms. The van der Waals surface area contributed by atoms with Gasteiger partial charge in [-0.05, 0) is 36.4 Å². The van der Waals surface area contributed by atoms with E-state index in [-0.39, 0.29) is 10.2 Å². The maximum absolute atomic E-state index is 12.9. The van der Waals surface area contributed by atoms with E-state index in [1.165, 1.54) is 0 Å². The number of nitrogens with one attached hydrogen (secondary N) is 1. The maximum Gasteiger partial charge on any atom is 0.417 e. The van der Waals surface area contributed by atoms with Gasteiger partial charge in [0, 0.05) is 10.2 Å². The first-order valence-electron chi connectivity index (χ1n) is 6.33. The van der Waals surface area contributed by atoms with E-state index in [1.54, 1.807) is 0 Å². The van der Waals surface area contributed by atoms with Gasteiger partial charge in [0.15, 0.2) is 0 Å². The first-order valence-corrected chi connectivity index (χ1v) is 10.2. The van der Waals surface area contributed by atoms with Gasteiger partial charge >= 0.3 is 6.18 Å². The molecule has 0 saturated heterocycles. The fourth-order valence-electron chi connectivity index (χ4n) is 1.84. The minimum Gasteiger partial charge on any atom is -0.280 e. The van der Waals surface area contributed by atoms with Crippen LogP contribution in [0.3, 0.4) is 0 Å². The highest BCUT2D eigenvalue weighted by Crippen LogP contribution is 2.36. The van der Waals surface area contributed by atoms with Gasteiger partial charge in [0.2, 0.25) is 10.0 Å². The number of benzene rings is 2. The number of hydrogen-bond acceptors (Lipinski definition) is 4. The summed E-state index contributed by atoms with van der Waals surface area (Å²) in [6.07, 6.45) is -4.69. The van der Waals surface area contributed by atoms with Gasteiger partial charge in [-0.15, -0.1) is 0 Å². The van der Waals surface area contributed by atoms with Crippen LogP contribution in [0.4, 0.5) is 18.9 Å². The molecule has 0 saturated carbocycles. The standard InChI is InChI=1S/C13H10BrF3N2O4S2/c14-12-5-4-8(6-11(12)13(15,16)17)19-25(22,23)10-3-1-2-9(7-10)24(18,20)21/h1-7,19H,(H2,18,20,21). The van der Waals surface area contributed by atoms with Crippen LogP contribution < -0.4 is 9.86 Å². The number of halogens is 4. The summed E-state index contributed by atoms with van der Waals surface area (Å²) in [4.78, 5) is -0.905. The molecule has 0 aliphatic carbocycles. The number of primary sulfonamides is 1. The van der Waals surface area contributed by atoms with Crippen LogP contribution in [-0.4, -0.2) is 16.8 Å². The Labute approximate surface area is 150 Å². The predicted molar refractivity (Wildman–Crippen MR) is 87.8 cm³/mol. The fraction of sp³-hybridized carbons (Fsp3) is 0.0769. The number of nitrogens with two attached hydrogens (primary N) is 1. The summed E-state index contributed by atoms with van der Waals surface area (Å²) in [7, 11) is -8.46. The Balaban J connectivity index is 2.44. The van der Waals surface area contributed by atoms with Crippen molar-refractivity contribution in [3.63, 3.8) is 0 Å². The van der Waals surface area contributed by atoms with E-state index in [2.05, 4.69) is 15.9 Å². The molecule has 3 N–H and O–H groups in total. The van der Waals surface area contributed by atoms with Gasteiger partial charge in [-0.3, -0.25) is 4.72 Å². The van der Waals surface area contributed by atoms with E-state index in [1.807, 2.05) is 4.72 Å². The Morgan fingerprint density at radius 1 is 0.960 bits per heavy atom. The first kappa shape index (κ1) is 19.7. The first-order chi connectivity index (χ1) is 11.3. The Morgan fingerprint density at radius 2 is 1.56 bits per heavy atom. The molecule has 136 valence electrons. The Morgan fingerprint density at radius 3 is 2.12 bits per heavy atom. The normalized spacial score (nSPS) is 12.8. The second kappa shape index (κ2) is 6.59. The highest BCUT2D eigenvalue weighted by molar-refractivity contribution is 9.10. The van der Waals surface area contributed by atoms with Crippen LogP contribution in [0.25, 0.3) is 0 Å². The van der Waals surface area contributed by atoms with Crippen molar-refractivity contribution in [1.82, 2.24) is 0 Å². The molecular formula is C13H10BrF3N2O4S2. The zero-order valence-corrected chi connectivity index (χ0v) is 15.3. The molecule has 0 radical (unpaired) electrons. The van der Waals surface area contributed by atoms with E-state index in [4.69, 9.17) is 5.14 Å². The van der Waals surface area contributed by atoms with Crippen LogP contribution in [-0.2, 0) is 26.2 Å². The quantitative estimate of drug-likeness (QED) is 0.734. The highest BCUT2D eigenvalue weighted by atomic mass is 79.9. The van der Waals surface area contributed by atoms with Gasteiger partial charge in [0.25, 0.3) is 10.0 Å². The van der Waals surface area contributed by atoms with Crippen molar-refractivity contribution >= 4 is 41.7 Å². The molecule has 0 aliphatic rings. The second-order valence-corrected chi connectivity index (χ2v) is 8.92. The largest absolute Gasteiger partial charge is 0.417 e. The van der Waals surface area contributed by atoms with Crippen molar-refractivity contribution in [3.05, 3.63) is 52.5 Å². The van der Waals surface area contributed by atoms with Crippen LogP contribution in [0.1, 0.15) is 5.56 Å². The SMILES string of the molecule is NS(=O)(=O)c1cccc(S(=O)(=O)Nc2ccc(Br)c(C(F)(F)F)c2)c1. The lowest BCUT2D eigenvalue weighted by molar-refractivity contribution is -0.138. The molecule has 0 amide bonds. The van der Waals surface area contributed by atoms with Crippen molar-refractivity contribution in [2.75, 3.05) is 4.72 Å². The summed E-state index contributed by atoms with van der Waals surface area (Å²) in [6.45, 7) is 0. The lowest BCUT2D eigenvalue weighted by atomic mass is 10.2. The Bertz CT molecular complexity index is 1020. The summed E-state index contributed by atoms with van der Waals surface area (Å²) in [6, 6.07) is 6.92. The molecule has 0 fully saturated rings. The Kier molecular flexibility index (Phi) is 5.19. The molecule has 0 aromatic heterocycles. The third-order valence-corrected chi connectivity index (χ3v) is 5.95. The molecule has 0 bridgehead atoms. The molecule has 0 atom stereocenters. The minimum absolute atomic E-state index is 0.251. The third-order valence-electron chi connectivity index (χ3n) is 2.97. The van der Waals surface area contributed by atoms with Crippen LogP contribution >= 0.6 is 15.9 Å². The molecule has 0 unspecified atom stereocenters. The van der Waals surface area contributed by atoms with Gasteiger partial charge < -0.3 is 0 Å². The molecule has 2 rings (SSSR count). The monoisotopic (exact) mass is 458 g/mol. The highest BCUT2D eigenvalue weighted by Gasteiger charge is 2.33. The van der Waals surface area contributed by atoms with Gasteiger partial charge in [-0.25, -0.2) is 22.0 Å². The molecule has 2 aromatic carbocycles. The van der Waals surface area contributed by atoms with E-state index in [0.29, 0.717) is 6.07 Å². The molecule has 2 aromatic rings. The smallest absolute Gasteiger partial charge is 0.280 e. The van der Waals surface area contributed by atoms with Crippen molar-refractivity contribution in [2.45, 2.75) is 16.0 Å². The van der Waals surface area contributed by atoms with Crippen molar-refractivity contribution in [2.24, 2.45) is 5.14 Å². The second-order valence-electron chi connectivity index (χ2n) is 4.82. The van der Waals surface area contributed by atoms with E-state index in [0.717, 1.165) is 36.4 Å². The lowest BCUT2D eigenvalue weighted by Crippen LogP contribution is -2.16. The third kappa shape index (κ3) is 4.71. The minimum atomic E-state index is -4.69. The van der Waals surface area contributed by atoms with Crippen LogP contribution in [0.5, 0.6) is 0 Å².